The van der Waals surface area contributed by atoms with Gasteiger partial charge in [0.15, 0.2) is 0 Å². The minimum absolute atomic E-state index is 0.418. The van der Waals surface area contributed by atoms with Crippen LogP contribution in [-0.4, -0.2) is 18.2 Å². The van der Waals surface area contributed by atoms with Gasteiger partial charge < -0.3 is 10.4 Å². The second-order valence-corrected chi connectivity index (χ2v) is 4.66. The van der Waals surface area contributed by atoms with E-state index in [1.54, 1.807) is 6.07 Å². The first kappa shape index (κ1) is 9.99. The maximum Gasteiger partial charge on any atom is 0.119 e. The smallest absolute Gasteiger partial charge is 0.119 e. The van der Waals surface area contributed by atoms with Crippen molar-refractivity contribution in [3.63, 3.8) is 0 Å². The molecule has 1 aromatic rings. The van der Waals surface area contributed by atoms with E-state index in [0.29, 0.717) is 11.7 Å². The number of hydrogen-bond donors (Lipinski definition) is 2. The number of piperidine rings is 1. The molecule has 0 aromatic heterocycles. The normalized spacial score (nSPS) is 22.2. The summed E-state index contributed by atoms with van der Waals surface area (Å²) in [6.45, 7) is 2.08. The summed E-state index contributed by atoms with van der Waals surface area (Å²) in [6.07, 6.45) is 2.35. The Morgan fingerprint density at radius 3 is 3.00 bits per heavy atom. The Balaban J connectivity index is 2.24. The Kier molecular flexibility index (Phi) is 3.08. The summed E-state index contributed by atoms with van der Waals surface area (Å²) >= 11 is 3.43. The minimum atomic E-state index is 0.418. The molecule has 2 nitrogen and oxygen atoms in total. The molecule has 0 saturated carbocycles. The monoisotopic (exact) mass is 255 g/mol. The summed E-state index contributed by atoms with van der Waals surface area (Å²) in [4.78, 5) is 0. The Morgan fingerprint density at radius 2 is 2.29 bits per heavy atom. The molecule has 14 heavy (non-hydrogen) atoms. The number of rotatable bonds is 1. The standard InChI is InChI=1S/C11H14BrNO/c12-9-3-4-11(14)10(6-9)8-2-1-5-13-7-8/h3-4,6,8,13-14H,1-2,5,7H2/t8-/m1/s1. The van der Waals surface area contributed by atoms with Gasteiger partial charge in [-0.2, -0.15) is 0 Å². The zero-order valence-corrected chi connectivity index (χ0v) is 9.55. The van der Waals surface area contributed by atoms with Crippen molar-refractivity contribution in [2.24, 2.45) is 0 Å². The molecule has 0 spiro atoms. The highest BCUT2D eigenvalue weighted by molar-refractivity contribution is 9.10. The van der Waals surface area contributed by atoms with Crippen LogP contribution in [0.15, 0.2) is 22.7 Å². The van der Waals surface area contributed by atoms with E-state index in [1.807, 2.05) is 12.1 Å². The quantitative estimate of drug-likeness (QED) is 0.809. The van der Waals surface area contributed by atoms with Gasteiger partial charge in [0.25, 0.3) is 0 Å². The molecule has 1 aliphatic heterocycles. The van der Waals surface area contributed by atoms with Crippen LogP contribution in [0, 0.1) is 0 Å². The van der Waals surface area contributed by atoms with Gasteiger partial charge in [-0.15, -0.1) is 0 Å². The second-order valence-electron chi connectivity index (χ2n) is 3.75. The molecule has 0 aliphatic carbocycles. The fourth-order valence-electron chi connectivity index (χ4n) is 1.97. The van der Waals surface area contributed by atoms with Gasteiger partial charge in [-0.05, 0) is 43.1 Å². The van der Waals surface area contributed by atoms with E-state index in [4.69, 9.17) is 0 Å². The lowest BCUT2D eigenvalue weighted by Crippen LogP contribution is -2.28. The lowest BCUT2D eigenvalue weighted by atomic mass is 9.91. The third-order valence-corrected chi connectivity index (χ3v) is 3.22. The molecule has 1 aromatic carbocycles. The van der Waals surface area contributed by atoms with Gasteiger partial charge in [0.2, 0.25) is 0 Å². The van der Waals surface area contributed by atoms with E-state index < -0.39 is 0 Å². The topological polar surface area (TPSA) is 32.3 Å². The molecule has 0 bridgehead atoms. The minimum Gasteiger partial charge on any atom is -0.508 e. The fourth-order valence-corrected chi connectivity index (χ4v) is 2.35. The second kappa shape index (κ2) is 4.32. The van der Waals surface area contributed by atoms with Crippen molar-refractivity contribution in [3.05, 3.63) is 28.2 Å². The number of nitrogens with one attached hydrogen (secondary N) is 1. The molecule has 76 valence electrons. The lowest BCUT2D eigenvalue weighted by molar-refractivity contribution is 0.425. The molecular weight excluding hydrogens is 242 g/mol. The van der Waals surface area contributed by atoms with Crippen molar-refractivity contribution in [3.8, 4) is 5.75 Å². The first-order valence-electron chi connectivity index (χ1n) is 4.96. The molecule has 1 fully saturated rings. The van der Waals surface area contributed by atoms with Gasteiger partial charge in [0, 0.05) is 16.9 Å². The van der Waals surface area contributed by atoms with Crippen LogP contribution in [0.2, 0.25) is 0 Å². The van der Waals surface area contributed by atoms with Crippen molar-refractivity contribution >= 4 is 15.9 Å². The van der Waals surface area contributed by atoms with Gasteiger partial charge in [-0.25, -0.2) is 0 Å². The number of benzene rings is 1. The molecule has 2 rings (SSSR count). The Hall–Kier alpha value is -0.540. The highest BCUT2D eigenvalue weighted by Gasteiger charge is 2.18. The SMILES string of the molecule is Oc1ccc(Br)cc1[C@@H]1CCCNC1. The summed E-state index contributed by atoms with van der Waals surface area (Å²) in [5.41, 5.74) is 1.06. The third kappa shape index (κ3) is 2.10. The van der Waals surface area contributed by atoms with Crippen molar-refractivity contribution in [2.75, 3.05) is 13.1 Å². The van der Waals surface area contributed by atoms with Crippen LogP contribution in [0.25, 0.3) is 0 Å². The first-order valence-corrected chi connectivity index (χ1v) is 5.76. The average molecular weight is 256 g/mol. The zero-order chi connectivity index (χ0) is 9.97. The van der Waals surface area contributed by atoms with Crippen molar-refractivity contribution in [1.29, 1.82) is 0 Å². The Labute approximate surface area is 92.5 Å². The molecule has 0 unspecified atom stereocenters. The number of aromatic hydroxyl groups is 1. The number of hydrogen-bond acceptors (Lipinski definition) is 2. The number of halogens is 1. The molecule has 1 atom stereocenters. The zero-order valence-electron chi connectivity index (χ0n) is 7.96. The van der Waals surface area contributed by atoms with Gasteiger partial charge in [0.05, 0.1) is 0 Å². The highest BCUT2D eigenvalue weighted by atomic mass is 79.9. The summed E-state index contributed by atoms with van der Waals surface area (Å²) in [6, 6.07) is 5.65. The first-order chi connectivity index (χ1) is 6.77. The van der Waals surface area contributed by atoms with Crippen molar-refractivity contribution < 1.29 is 5.11 Å². The van der Waals surface area contributed by atoms with Crippen LogP contribution in [-0.2, 0) is 0 Å². The van der Waals surface area contributed by atoms with E-state index in [2.05, 4.69) is 21.2 Å². The molecule has 0 amide bonds. The van der Waals surface area contributed by atoms with Crippen molar-refractivity contribution in [2.45, 2.75) is 18.8 Å². The predicted octanol–water partition coefficient (Wildman–Crippen LogP) is 2.62. The van der Waals surface area contributed by atoms with Crippen LogP contribution in [0.4, 0.5) is 0 Å². The third-order valence-electron chi connectivity index (χ3n) is 2.73. The maximum absolute atomic E-state index is 9.74. The van der Waals surface area contributed by atoms with Gasteiger partial charge in [0.1, 0.15) is 5.75 Å². The van der Waals surface area contributed by atoms with E-state index in [1.165, 1.54) is 6.42 Å². The molecular formula is C11H14BrNO. The summed E-state index contributed by atoms with van der Waals surface area (Å²) in [5, 5.41) is 13.1. The van der Waals surface area contributed by atoms with Gasteiger partial charge in [-0.1, -0.05) is 15.9 Å². The summed E-state index contributed by atoms with van der Waals surface area (Å²) in [7, 11) is 0. The van der Waals surface area contributed by atoms with Crippen LogP contribution < -0.4 is 5.32 Å². The molecule has 0 radical (unpaired) electrons. The van der Waals surface area contributed by atoms with Gasteiger partial charge in [-0.3, -0.25) is 0 Å². The Bertz CT molecular complexity index is 321. The average Bonchev–Trinajstić information content (AvgIpc) is 2.23. The van der Waals surface area contributed by atoms with Crippen LogP contribution in [0.5, 0.6) is 5.75 Å². The highest BCUT2D eigenvalue weighted by Crippen LogP contribution is 2.32. The molecule has 1 heterocycles. The van der Waals surface area contributed by atoms with Gasteiger partial charge >= 0.3 is 0 Å². The fraction of sp³-hybridized carbons (Fsp3) is 0.455. The van der Waals surface area contributed by atoms with E-state index in [-0.39, 0.29) is 0 Å². The summed E-state index contributed by atoms with van der Waals surface area (Å²) in [5.74, 6) is 0.878. The number of phenols is 1. The van der Waals surface area contributed by atoms with Crippen LogP contribution in [0.1, 0.15) is 24.3 Å². The van der Waals surface area contributed by atoms with E-state index in [9.17, 15) is 5.11 Å². The molecule has 3 heteroatoms. The molecule has 1 aliphatic rings. The Morgan fingerprint density at radius 1 is 1.43 bits per heavy atom. The van der Waals surface area contributed by atoms with Crippen LogP contribution in [0.3, 0.4) is 0 Å². The predicted molar refractivity (Wildman–Crippen MR) is 60.7 cm³/mol. The van der Waals surface area contributed by atoms with Crippen LogP contribution >= 0.6 is 15.9 Å². The number of phenolic OH excluding ortho intramolecular Hbond substituents is 1. The van der Waals surface area contributed by atoms with E-state index in [0.717, 1.165) is 29.5 Å². The molecule has 1 saturated heterocycles. The van der Waals surface area contributed by atoms with E-state index >= 15 is 0 Å². The maximum atomic E-state index is 9.74. The van der Waals surface area contributed by atoms with Crippen molar-refractivity contribution in [1.82, 2.24) is 5.32 Å². The summed E-state index contributed by atoms with van der Waals surface area (Å²) < 4.78 is 1.04. The lowest BCUT2D eigenvalue weighted by Gasteiger charge is -2.23. The largest absolute Gasteiger partial charge is 0.508 e. The molecule has 2 N–H and O–H groups in total.